The van der Waals surface area contributed by atoms with E-state index in [0.29, 0.717) is 42.6 Å². The number of fused-ring (bicyclic) bond motifs is 1. The highest BCUT2D eigenvalue weighted by atomic mass is 16.3. The van der Waals surface area contributed by atoms with Gasteiger partial charge in [-0.25, -0.2) is 0 Å². The third kappa shape index (κ3) is 3.05. The van der Waals surface area contributed by atoms with E-state index in [4.69, 9.17) is 10.2 Å². The molecule has 1 aliphatic carbocycles. The molecule has 7 heteroatoms. The van der Waals surface area contributed by atoms with Crippen molar-refractivity contribution in [2.75, 3.05) is 18.4 Å². The van der Waals surface area contributed by atoms with Gasteiger partial charge in [0, 0.05) is 30.3 Å². The van der Waals surface area contributed by atoms with Crippen molar-refractivity contribution in [3.63, 3.8) is 0 Å². The zero-order chi connectivity index (χ0) is 18.3. The summed E-state index contributed by atoms with van der Waals surface area (Å²) in [4.78, 5) is 38.4. The van der Waals surface area contributed by atoms with Crippen molar-refractivity contribution in [1.29, 1.82) is 0 Å². The first-order valence-electron chi connectivity index (χ1n) is 8.95. The van der Waals surface area contributed by atoms with Crippen LogP contribution in [0.4, 0.5) is 5.69 Å². The molecule has 1 aromatic carbocycles. The average molecular weight is 355 g/mol. The van der Waals surface area contributed by atoms with Crippen molar-refractivity contribution < 1.29 is 18.8 Å². The minimum atomic E-state index is -0.721. The van der Waals surface area contributed by atoms with Gasteiger partial charge in [-0.2, -0.15) is 0 Å². The van der Waals surface area contributed by atoms with E-state index in [1.165, 1.54) is 0 Å². The van der Waals surface area contributed by atoms with Gasteiger partial charge in [-0.3, -0.25) is 14.4 Å². The Kier molecular flexibility index (Phi) is 4.14. The minimum Gasteiger partial charge on any atom is -0.449 e. The monoisotopic (exact) mass is 355 g/mol. The van der Waals surface area contributed by atoms with Crippen LogP contribution >= 0.6 is 0 Å². The van der Waals surface area contributed by atoms with E-state index < -0.39 is 5.91 Å². The lowest BCUT2D eigenvalue weighted by atomic mass is 9.95. The van der Waals surface area contributed by atoms with E-state index in [2.05, 4.69) is 5.32 Å². The molecule has 1 aromatic heterocycles. The predicted octanol–water partition coefficient (Wildman–Crippen LogP) is 2.12. The fourth-order valence-electron chi connectivity index (χ4n) is 3.52. The minimum absolute atomic E-state index is 0.0408. The molecule has 7 nitrogen and oxygen atoms in total. The molecular formula is C19H21N3O4. The Morgan fingerprint density at radius 1 is 1.04 bits per heavy atom. The summed E-state index contributed by atoms with van der Waals surface area (Å²) in [6.07, 6.45) is 3.21. The summed E-state index contributed by atoms with van der Waals surface area (Å²) >= 11 is 0. The molecule has 1 aliphatic heterocycles. The van der Waals surface area contributed by atoms with Gasteiger partial charge in [-0.05, 0) is 37.8 Å². The first kappa shape index (κ1) is 16.6. The van der Waals surface area contributed by atoms with Crippen LogP contribution in [0.3, 0.4) is 0 Å². The topological polar surface area (TPSA) is 106 Å². The van der Waals surface area contributed by atoms with Crippen molar-refractivity contribution in [1.82, 2.24) is 4.90 Å². The van der Waals surface area contributed by atoms with Crippen molar-refractivity contribution in [3.8, 4) is 0 Å². The summed E-state index contributed by atoms with van der Waals surface area (Å²) in [6.45, 7) is 1.20. The number of hydrogen-bond acceptors (Lipinski definition) is 4. The molecule has 2 fully saturated rings. The maximum Gasteiger partial charge on any atom is 0.286 e. The number of hydrogen-bond donors (Lipinski definition) is 2. The second-order valence-corrected chi connectivity index (χ2v) is 7.03. The summed E-state index contributed by atoms with van der Waals surface area (Å²) in [6, 6.07) is 7.09. The summed E-state index contributed by atoms with van der Waals surface area (Å²) in [5.74, 6) is -0.705. The molecule has 2 heterocycles. The lowest BCUT2D eigenvalue weighted by Gasteiger charge is -2.31. The number of benzene rings is 1. The van der Waals surface area contributed by atoms with E-state index in [1.54, 1.807) is 24.3 Å². The van der Waals surface area contributed by atoms with Crippen LogP contribution in [-0.2, 0) is 9.59 Å². The standard InChI is InChI=1S/C19H21N3O4/c20-17(23)16-15(13-3-1-2-4-14(13)26-16)21-18(24)11-7-9-22(10-8-11)19(25)12-5-6-12/h1-4,11-12H,5-10H2,(H2,20,23)(H,21,24). The van der Waals surface area contributed by atoms with Gasteiger partial charge in [-0.15, -0.1) is 0 Å². The maximum absolute atomic E-state index is 12.7. The van der Waals surface area contributed by atoms with E-state index >= 15 is 0 Å². The largest absolute Gasteiger partial charge is 0.449 e. The highest BCUT2D eigenvalue weighted by molar-refractivity contribution is 6.10. The molecule has 26 heavy (non-hydrogen) atoms. The zero-order valence-corrected chi connectivity index (χ0v) is 14.4. The first-order chi connectivity index (χ1) is 12.5. The molecule has 2 aliphatic rings. The predicted molar refractivity (Wildman–Crippen MR) is 95.4 cm³/mol. The van der Waals surface area contributed by atoms with Crippen LogP contribution in [0.5, 0.6) is 0 Å². The third-order valence-electron chi connectivity index (χ3n) is 5.17. The second kappa shape index (κ2) is 6.48. The third-order valence-corrected chi connectivity index (χ3v) is 5.17. The van der Waals surface area contributed by atoms with Gasteiger partial charge in [0.05, 0.1) is 0 Å². The fourth-order valence-corrected chi connectivity index (χ4v) is 3.52. The quantitative estimate of drug-likeness (QED) is 0.876. The van der Waals surface area contributed by atoms with Crippen LogP contribution in [0.15, 0.2) is 28.7 Å². The van der Waals surface area contributed by atoms with Crippen molar-refractivity contribution in [2.45, 2.75) is 25.7 Å². The number of amides is 3. The number of carbonyl (C=O) groups is 3. The molecule has 3 N–H and O–H groups in total. The highest BCUT2D eigenvalue weighted by Crippen LogP contribution is 2.34. The molecule has 1 saturated heterocycles. The Bertz CT molecular complexity index is 876. The van der Waals surface area contributed by atoms with Crippen molar-refractivity contribution in [3.05, 3.63) is 30.0 Å². The average Bonchev–Trinajstić information content (AvgIpc) is 3.44. The molecule has 4 rings (SSSR count). The number of piperidine rings is 1. The zero-order valence-electron chi connectivity index (χ0n) is 14.4. The van der Waals surface area contributed by atoms with Crippen LogP contribution in [0, 0.1) is 11.8 Å². The Labute approximate surface area is 150 Å². The van der Waals surface area contributed by atoms with Crippen LogP contribution in [0.25, 0.3) is 11.0 Å². The molecular weight excluding hydrogens is 334 g/mol. The van der Waals surface area contributed by atoms with Crippen molar-refractivity contribution in [2.24, 2.45) is 17.6 Å². The first-order valence-corrected chi connectivity index (χ1v) is 8.95. The molecule has 0 atom stereocenters. The van der Waals surface area contributed by atoms with Crippen LogP contribution in [-0.4, -0.2) is 35.7 Å². The van der Waals surface area contributed by atoms with Crippen LogP contribution in [0.1, 0.15) is 36.2 Å². The number of rotatable bonds is 4. The van der Waals surface area contributed by atoms with E-state index in [-0.39, 0.29) is 29.4 Å². The summed E-state index contributed by atoms with van der Waals surface area (Å²) in [5, 5.41) is 3.48. The number of furan rings is 1. The summed E-state index contributed by atoms with van der Waals surface area (Å²) in [5.41, 5.74) is 6.22. The Hall–Kier alpha value is -2.83. The molecule has 0 spiro atoms. The van der Waals surface area contributed by atoms with E-state index in [9.17, 15) is 14.4 Å². The lowest BCUT2D eigenvalue weighted by molar-refractivity contribution is -0.135. The van der Waals surface area contributed by atoms with E-state index in [0.717, 1.165) is 12.8 Å². The Morgan fingerprint density at radius 3 is 2.38 bits per heavy atom. The molecule has 1 saturated carbocycles. The normalized spacial score (nSPS) is 18.1. The Balaban J connectivity index is 1.47. The van der Waals surface area contributed by atoms with Gasteiger partial charge in [0.1, 0.15) is 11.3 Å². The van der Waals surface area contributed by atoms with Gasteiger partial charge < -0.3 is 20.4 Å². The number of nitrogens with zero attached hydrogens (tertiary/aromatic N) is 1. The fraction of sp³-hybridized carbons (Fsp3) is 0.421. The summed E-state index contributed by atoms with van der Waals surface area (Å²) in [7, 11) is 0. The Morgan fingerprint density at radius 2 is 1.73 bits per heavy atom. The molecule has 2 aromatic rings. The molecule has 0 bridgehead atoms. The van der Waals surface area contributed by atoms with Crippen molar-refractivity contribution >= 4 is 34.4 Å². The second-order valence-electron chi connectivity index (χ2n) is 7.03. The maximum atomic E-state index is 12.7. The number of para-hydroxylation sites is 1. The summed E-state index contributed by atoms with van der Waals surface area (Å²) < 4.78 is 5.49. The van der Waals surface area contributed by atoms with Gasteiger partial charge >= 0.3 is 0 Å². The smallest absolute Gasteiger partial charge is 0.286 e. The number of likely N-dealkylation sites (tertiary alicyclic amines) is 1. The number of primary amides is 1. The molecule has 0 radical (unpaired) electrons. The number of carbonyl (C=O) groups excluding carboxylic acids is 3. The lowest BCUT2D eigenvalue weighted by Crippen LogP contribution is -2.42. The SMILES string of the molecule is NC(=O)c1oc2ccccc2c1NC(=O)C1CCN(C(=O)C2CC2)CC1. The number of nitrogens with two attached hydrogens (primary N) is 1. The highest BCUT2D eigenvalue weighted by Gasteiger charge is 2.36. The molecule has 136 valence electrons. The molecule has 0 unspecified atom stereocenters. The van der Waals surface area contributed by atoms with Gasteiger partial charge in [0.2, 0.25) is 17.6 Å². The van der Waals surface area contributed by atoms with Crippen LogP contribution in [0.2, 0.25) is 0 Å². The van der Waals surface area contributed by atoms with Crippen LogP contribution < -0.4 is 11.1 Å². The number of anilines is 1. The number of nitrogens with one attached hydrogen (secondary N) is 1. The van der Waals surface area contributed by atoms with E-state index in [1.807, 2.05) is 4.90 Å². The van der Waals surface area contributed by atoms with Gasteiger partial charge in [-0.1, -0.05) is 12.1 Å². The molecule has 3 amide bonds. The van der Waals surface area contributed by atoms with Gasteiger partial charge in [0.25, 0.3) is 5.91 Å². The van der Waals surface area contributed by atoms with Gasteiger partial charge in [0.15, 0.2) is 0 Å².